The van der Waals surface area contributed by atoms with Crippen LogP contribution in [-0.4, -0.2) is 27.0 Å². The molecule has 0 aliphatic rings. The molecule has 4 nitrogen and oxygen atoms in total. The number of rotatable bonds is 3. The molecule has 0 fully saturated rings. The summed E-state index contributed by atoms with van der Waals surface area (Å²) in [6.45, 7) is 0. The number of hydrazone groups is 1. The van der Waals surface area contributed by atoms with Crippen LogP contribution in [0.3, 0.4) is 0 Å². The first-order valence-corrected chi connectivity index (χ1v) is 7.51. The number of carbonyl (C=O) groups is 1. The number of amides is 1. The molecule has 0 atom stereocenters. The minimum absolute atomic E-state index is 0.428. The Balaban J connectivity index is 2.93. The third-order valence-corrected chi connectivity index (χ3v) is 3.40. The molecule has 0 aromatic heterocycles. The molecule has 10 heteroatoms. The number of benzene rings is 1. The van der Waals surface area contributed by atoms with Crippen molar-refractivity contribution in [3.8, 4) is 0 Å². The fourth-order valence-corrected chi connectivity index (χ4v) is 2.62. The highest BCUT2D eigenvalue weighted by molar-refractivity contribution is 8.03. The number of hydrogen-bond acceptors (Lipinski definition) is 4. The topological polar surface area (TPSA) is 41.9 Å². The molecule has 0 N–H and O–H groups in total. The minimum Gasteiger partial charge on any atom is -0.451 e. The predicted molar refractivity (Wildman–Crippen MR) is 86.2 cm³/mol. The highest BCUT2D eigenvalue weighted by atomic mass is 35.6. The first-order valence-electron chi connectivity index (χ1n) is 4.85. The summed E-state index contributed by atoms with van der Waals surface area (Å²) >= 11 is 29.0. The molecule has 0 saturated carbocycles. The molecule has 110 valence electrons. The zero-order valence-electron chi connectivity index (χ0n) is 9.82. The maximum Gasteiger partial charge on any atom is 0.440 e. The van der Waals surface area contributed by atoms with Gasteiger partial charge in [0.1, 0.15) is 0 Å². The van der Waals surface area contributed by atoms with Crippen LogP contribution in [0.15, 0.2) is 23.3 Å². The SMILES string of the molecule is COC(=O)N(N=Cc1cc(Cl)cc(Cl)c1)SC(Cl)(Cl)Cl. The van der Waals surface area contributed by atoms with Gasteiger partial charge in [-0.15, -0.1) is 4.41 Å². The Hall–Kier alpha value is -0.0400. The van der Waals surface area contributed by atoms with Crippen molar-refractivity contribution in [3.63, 3.8) is 0 Å². The van der Waals surface area contributed by atoms with Crippen LogP contribution in [0.1, 0.15) is 5.56 Å². The van der Waals surface area contributed by atoms with Gasteiger partial charge in [-0.3, -0.25) is 0 Å². The molecule has 0 unspecified atom stereocenters. The maximum atomic E-state index is 11.5. The van der Waals surface area contributed by atoms with Crippen LogP contribution in [-0.2, 0) is 4.74 Å². The Bertz CT molecular complexity index is 501. The molecule has 0 heterocycles. The number of methoxy groups -OCH3 is 1. The number of halogens is 5. The first-order chi connectivity index (χ1) is 9.21. The fourth-order valence-electron chi connectivity index (χ4n) is 1.05. The average molecular weight is 397 g/mol. The number of ether oxygens (including phenoxy) is 1. The van der Waals surface area contributed by atoms with Crippen molar-refractivity contribution in [1.29, 1.82) is 0 Å². The van der Waals surface area contributed by atoms with Crippen molar-refractivity contribution >= 4 is 82.3 Å². The molecule has 0 aliphatic heterocycles. The monoisotopic (exact) mass is 394 g/mol. The number of nitrogens with zero attached hydrogens (tertiary/aromatic N) is 2. The molecule has 1 aromatic carbocycles. The summed E-state index contributed by atoms with van der Waals surface area (Å²) in [5, 5.41) is 4.72. The van der Waals surface area contributed by atoms with Crippen LogP contribution in [0.4, 0.5) is 4.79 Å². The van der Waals surface area contributed by atoms with E-state index >= 15 is 0 Å². The Morgan fingerprint density at radius 1 is 1.30 bits per heavy atom. The average Bonchev–Trinajstić information content (AvgIpc) is 2.31. The molecule has 1 amide bonds. The lowest BCUT2D eigenvalue weighted by Gasteiger charge is -2.18. The quantitative estimate of drug-likeness (QED) is 0.298. The van der Waals surface area contributed by atoms with Gasteiger partial charge in [0.2, 0.25) is 0 Å². The lowest BCUT2D eigenvalue weighted by Crippen LogP contribution is -2.22. The summed E-state index contributed by atoms with van der Waals surface area (Å²) in [6.07, 6.45) is 0.531. The van der Waals surface area contributed by atoms with Gasteiger partial charge in [0.25, 0.3) is 3.12 Å². The van der Waals surface area contributed by atoms with Crippen LogP contribution >= 0.6 is 70.0 Å². The molecular weight excluding hydrogens is 389 g/mol. The molecule has 0 aliphatic carbocycles. The van der Waals surface area contributed by atoms with Crippen molar-refractivity contribution in [2.75, 3.05) is 7.11 Å². The first kappa shape index (κ1) is 18.0. The molecule has 1 rings (SSSR count). The van der Waals surface area contributed by atoms with E-state index in [1.165, 1.54) is 13.3 Å². The fraction of sp³-hybridized carbons (Fsp3) is 0.200. The summed E-state index contributed by atoms with van der Waals surface area (Å²) in [6, 6.07) is 4.77. The second kappa shape index (κ2) is 7.82. The molecule has 0 saturated heterocycles. The van der Waals surface area contributed by atoms with E-state index < -0.39 is 9.22 Å². The van der Waals surface area contributed by atoms with Gasteiger partial charge in [-0.1, -0.05) is 58.0 Å². The van der Waals surface area contributed by atoms with Gasteiger partial charge in [-0.2, -0.15) is 5.10 Å². The Morgan fingerprint density at radius 2 is 1.85 bits per heavy atom. The van der Waals surface area contributed by atoms with E-state index in [4.69, 9.17) is 58.0 Å². The third kappa shape index (κ3) is 6.61. The van der Waals surface area contributed by atoms with Crippen LogP contribution in [0.5, 0.6) is 0 Å². The second-order valence-corrected chi connectivity index (χ2v) is 8.19. The van der Waals surface area contributed by atoms with E-state index in [-0.39, 0.29) is 0 Å². The Kier molecular flexibility index (Phi) is 7.04. The molecule has 0 bridgehead atoms. The van der Waals surface area contributed by atoms with E-state index in [0.717, 1.165) is 4.41 Å². The van der Waals surface area contributed by atoms with Crippen molar-refractivity contribution < 1.29 is 9.53 Å². The normalized spacial score (nSPS) is 11.7. The van der Waals surface area contributed by atoms with E-state index in [1.54, 1.807) is 18.2 Å². The van der Waals surface area contributed by atoms with E-state index in [2.05, 4.69) is 9.84 Å². The number of alkyl halides is 3. The second-order valence-electron chi connectivity index (χ2n) is 3.23. The molecule has 0 radical (unpaired) electrons. The van der Waals surface area contributed by atoms with Gasteiger partial charge < -0.3 is 4.74 Å². The predicted octanol–water partition coefficient (Wildman–Crippen LogP) is 5.37. The van der Waals surface area contributed by atoms with E-state index in [1.807, 2.05) is 0 Å². The van der Waals surface area contributed by atoms with Crippen LogP contribution in [0, 0.1) is 0 Å². The van der Waals surface area contributed by atoms with Gasteiger partial charge >= 0.3 is 6.09 Å². The maximum absolute atomic E-state index is 11.5. The van der Waals surface area contributed by atoms with Crippen molar-refractivity contribution in [2.24, 2.45) is 5.10 Å². The Labute approximate surface area is 145 Å². The van der Waals surface area contributed by atoms with Crippen molar-refractivity contribution in [2.45, 2.75) is 3.12 Å². The lowest BCUT2D eigenvalue weighted by molar-refractivity contribution is 0.153. The summed E-state index contributed by atoms with van der Waals surface area (Å²) in [7, 11) is 1.18. The van der Waals surface area contributed by atoms with Crippen molar-refractivity contribution in [1.82, 2.24) is 4.41 Å². The zero-order chi connectivity index (χ0) is 15.3. The molecule has 1 aromatic rings. The molecular formula is C10H7Cl5N2O2S. The molecule has 20 heavy (non-hydrogen) atoms. The van der Waals surface area contributed by atoms with Gasteiger partial charge in [-0.25, -0.2) is 4.79 Å². The number of hydrogen-bond donors (Lipinski definition) is 0. The van der Waals surface area contributed by atoms with E-state index in [0.29, 0.717) is 27.6 Å². The highest BCUT2D eigenvalue weighted by Gasteiger charge is 2.29. The Morgan fingerprint density at radius 3 is 2.30 bits per heavy atom. The standard InChI is InChI=1S/C10H7Cl5N2O2S/c1-19-9(18)17(20-10(13,14)15)16-5-6-2-7(11)4-8(12)3-6/h2-5H,1H3. The van der Waals surface area contributed by atoms with Crippen LogP contribution in [0.2, 0.25) is 10.0 Å². The van der Waals surface area contributed by atoms with Gasteiger partial charge in [0, 0.05) is 22.0 Å². The largest absolute Gasteiger partial charge is 0.451 e. The smallest absolute Gasteiger partial charge is 0.440 e. The van der Waals surface area contributed by atoms with Gasteiger partial charge in [-0.05, 0) is 23.8 Å². The van der Waals surface area contributed by atoms with Gasteiger partial charge in [0.05, 0.1) is 13.3 Å². The zero-order valence-corrected chi connectivity index (χ0v) is 14.4. The number of carbonyl (C=O) groups excluding carboxylic acids is 1. The van der Waals surface area contributed by atoms with E-state index in [9.17, 15) is 4.79 Å². The van der Waals surface area contributed by atoms with Crippen LogP contribution in [0.25, 0.3) is 0 Å². The minimum atomic E-state index is -1.77. The molecule has 0 spiro atoms. The van der Waals surface area contributed by atoms with Crippen molar-refractivity contribution in [3.05, 3.63) is 33.8 Å². The summed E-state index contributed by atoms with van der Waals surface area (Å²) < 4.78 is 3.55. The van der Waals surface area contributed by atoms with Gasteiger partial charge in [0.15, 0.2) is 0 Å². The summed E-state index contributed by atoms with van der Waals surface area (Å²) in [5.74, 6) is 0. The summed E-state index contributed by atoms with van der Waals surface area (Å²) in [4.78, 5) is 11.5. The summed E-state index contributed by atoms with van der Waals surface area (Å²) in [5.41, 5.74) is 0.571. The van der Waals surface area contributed by atoms with Crippen LogP contribution < -0.4 is 0 Å². The lowest BCUT2D eigenvalue weighted by atomic mass is 10.2. The highest BCUT2D eigenvalue weighted by Crippen LogP contribution is 2.41. The third-order valence-electron chi connectivity index (χ3n) is 1.72.